The quantitative estimate of drug-likeness (QED) is 0.842. The molecule has 0 saturated heterocycles. The van der Waals surface area contributed by atoms with Gasteiger partial charge >= 0.3 is 0 Å². The van der Waals surface area contributed by atoms with E-state index >= 15 is 0 Å². The summed E-state index contributed by atoms with van der Waals surface area (Å²) in [5.74, 6) is -0.0374. The maximum Gasteiger partial charge on any atom is 0.225 e. The Labute approximate surface area is 133 Å². The van der Waals surface area contributed by atoms with Gasteiger partial charge in [0.15, 0.2) is 5.82 Å². The van der Waals surface area contributed by atoms with E-state index in [2.05, 4.69) is 19.8 Å². The number of halogens is 1. The molecule has 124 valence electrons. The molecule has 0 spiro atoms. The summed E-state index contributed by atoms with van der Waals surface area (Å²) in [6, 6.07) is 1.88. The number of hydrogen-bond donors (Lipinski definition) is 1. The van der Waals surface area contributed by atoms with E-state index in [1.165, 1.54) is 0 Å². The van der Waals surface area contributed by atoms with Crippen LogP contribution in [0, 0.1) is 5.82 Å². The van der Waals surface area contributed by atoms with E-state index in [1.54, 1.807) is 6.20 Å². The lowest BCUT2D eigenvalue weighted by atomic mass is 10.1. The number of nitrogens with one attached hydrogen (secondary N) is 1. The third kappa shape index (κ3) is 3.82. The summed E-state index contributed by atoms with van der Waals surface area (Å²) in [6.07, 6.45) is 5.69. The zero-order valence-electron chi connectivity index (χ0n) is 12.6. The molecule has 23 heavy (non-hydrogen) atoms. The Hall–Kier alpha value is -2.07. The van der Waals surface area contributed by atoms with Gasteiger partial charge < -0.3 is 4.90 Å². The lowest BCUT2D eigenvalue weighted by Crippen LogP contribution is -2.40. The van der Waals surface area contributed by atoms with Gasteiger partial charge in [-0.3, -0.25) is 4.68 Å². The number of rotatable bonds is 5. The van der Waals surface area contributed by atoms with E-state index in [-0.39, 0.29) is 6.04 Å². The molecule has 0 unspecified atom stereocenters. The molecule has 1 aliphatic rings. The van der Waals surface area contributed by atoms with Crippen molar-refractivity contribution < 1.29 is 12.8 Å². The molecule has 0 bridgehead atoms. The van der Waals surface area contributed by atoms with Crippen LogP contribution in [0.4, 0.5) is 10.3 Å². The number of sulfonamides is 1. The van der Waals surface area contributed by atoms with Crippen molar-refractivity contribution in [1.29, 1.82) is 0 Å². The summed E-state index contributed by atoms with van der Waals surface area (Å²) >= 11 is 0. The van der Waals surface area contributed by atoms with Crippen molar-refractivity contribution in [2.45, 2.75) is 19.0 Å². The molecule has 2 aromatic rings. The van der Waals surface area contributed by atoms with Crippen molar-refractivity contribution in [2.75, 3.05) is 24.2 Å². The standard InChI is InChI=1S/C13H17FN6O2S/c1-23(21,22)18-5-3-12-9-19(8-11-2-4-17-20(11)12)13-15-6-10(14)7-16-13/h2,4,6-7,12,18H,3,5,8-9H2,1H3/t12-/m0/s1. The molecular weight excluding hydrogens is 323 g/mol. The van der Waals surface area contributed by atoms with E-state index in [0.29, 0.717) is 32.0 Å². The van der Waals surface area contributed by atoms with Gasteiger partial charge in [-0.25, -0.2) is 27.5 Å². The van der Waals surface area contributed by atoms with Gasteiger partial charge in [0.05, 0.1) is 36.9 Å². The smallest absolute Gasteiger partial charge is 0.225 e. The second-order valence-corrected chi connectivity index (χ2v) is 7.29. The Morgan fingerprint density at radius 1 is 1.39 bits per heavy atom. The van der Waals surface area contributed by atoms with Gasteiger partial charge in [-0.15, -0.1) is 0 Å². The van der Waals surface area contributed by atoms with Crippen molar-refractivity contribution in [3.05, 3.63) is 36.2 Å². The van der Waals surface area contributed by atoms with Crippen LogP contribution in [-0.4, -0.2) is 47.5 Å². The summed E-state index contributed by atoms with van der Waals surface area (Å²) in [7, 11) is -3.22. The van der Waals surface area contributed by atoms with Crippen LogP contribution in [0.25, 0.3) is 0 Å². The Morgan fingerprint density at radius 3 is 2.83 bits per heavy atom. The predicted molar refractivity (Wildman–Crippen MR) is 81.8 cm³/mol. The van der Waals surface area contributed by atoms with Crippen LogP contribution >= 0.6 is 0 Å². The van der Waals surface area contributed by atoms with Crippen molar-refractivity contribution in [1.82, 2.24) is 24.5 Å². The highest BCUT2D eigenvalue weighted by atomic mass is 32.2. The number of anilines is 1. The van der Waals surface area contributed by atoms with Gasteiger partial charge in [-0.05, 0) is 12.5 Å². The van der Waals surface area contributed by atoms with E-state index in [0.717, 1.165) is 24.3 Å². The van der Waals surface area contributed by atoms with Crippen LogP contribution in [-0.2, 0) is 16.6 Å². The Bertz CT molecular complexity index is 776. The first-order chi connectivity index (χ1) is 10.9. The monoisotopic (exact) mass is 340 g/mol. The fourth-order valence-electron chi connectivity index (χ4n) is 2.63. The molecule has 3 heterocycles. The zero-order valence-corrected chi connectivity index (χ0v) is 13.4. The summed E-state index contributed by atoms with van der Waals surface area (Å²) in [4.78, 5) is 9.96. The Morgan fingerprint density at radius 2 is 2.13 bits per heavy atom. The number of nitrogens with zero attached hydrogens (tertiary/aromatic N) is 5. The average Bonchev–Trinajstić information content (AvgIpc) is 2.95. The van der Waals surface area contributed by atoms with Crippen molar-refractivity contribution >= 4 is 16.0 Å². The fourth-order valence-corrected chi connectivity index (χ4v) is 3.12. The first kappa shape index (κ1) is 15.8. The van der Waals surface area contributed by atoms with Crippen LogP contribution in [0.2, 0.25) is 0 Å². The van der Waals surface area contributed by atoms with E-state index in [1.807, 2.05) is 15.6 Å². The second-order valence-electron chi connectivity index (χ2n) is 5.46. The van der Waals surface area contributed by atoms with Gasteiger partial charge in [-0.1, -0.05) is 0 Å². The minimum Gasteiger partial charge on any atom is -0.333 e. The first-order valence-corrected chi connectivity index (χ1v) is 9.01. The summed E-state index contributed by atoms with van der Waals surface area (Å²) < 4.78 is 39.7. The molecule has 0 aromatic carbocycles. The zero-order chi connectivity index (χ0) is 16.4. The molecule has 0 aliphatic carbocycles. The van der Waals surface area contributed by atoms with E-state index in [9.17, 15) is 12.8 Å². The maximum atomic E-state index is 13.0. The minimum absolute atomic E-state index is 0.0170. The van der Waals surface area contributed by atoms with E-state index < -0.39 is 15.8 Å². The third-order valence-corrected chi connectivity index (χ3v) is 4.34. The molecule has 0 saturated carbocycles. The number of hydrogen-bond acceptors (Lipinski definition) is 6. The largest absolute Gasteiger partial charge is 0.333 e. The summed E-state index contributed by atoms with van der Waals surface area (Å²) in [5.41, 5.74) is 0.980. The predicted octanol–water partition coefficient (Wildman–Crippen LogP) is 0.313. The highest BCUT2D eigenvalue weighted by molar-refractivity contribution is 7.88. The molecule has 3 rings (SSSR count). The number of fused-ring (bicyclic) bond motifs is 1. The summed E-state index contributed by atoms with van der Waals surface area (Å²) in [6.45, 7) is 1.47. The Kier molecular flexibility index (Phi) is 4.26. The normalized spacial score (nSPS) is 18.0. The highest BCUT2D eigenvalue weighted by Crippen LogP contribution is 2.25. The van der Waals surface area contributed by atoms with Gasteiger partial charge in [0.1, 0.15) is 0 Å². The molecule has 1 aliphatic heterocycles. The van der Waals surface area contributed by atoms with Gasteiger partial charge in [0.25, 0.3) is 0 Å². The maximum absolute atomic E-state index is 13.0. The molecule has 0 fully saturated rings. The molecule has 2 aromatic heterocycles. The van der Waals surface area contributed by atoms with Crippen molar-refractivity contribution in [3.63, 3.8) is 0 Å². The van der Waals surface area contributed by atoms with Gasteiger partial charge in [0.2, 0.25) is 16.0 Å². The fraction of sp³-hybridized carbons (Fsp3) is 0.462. The molecule has 10 heteroatoms. The SMILES string of the molecule is CS(=O)(=O)NCC[C@H]1CN(c2ncc(F)cn2)Cc2ccnn21. The van der Waals surface area contributed by atoms with E-state index in [4.69, 9.17) is 0 Å². The molecule has 0 radical (unpaired) electrons. The lowest BCUT2D eigenvalue weighted by Gasteiger charge is -2.33. The molecule has 8 nitrogen and oxygen atoms in total. The summed E-state index contributed by atoms with van der Waals surface area (Å²) in [5, 5.41) is 4.31. The first-order valence-electron chi connectivity index (χ1n) is 7.12. The topological polar surface area (TPSA) is 93.0 Å². The van der Waals surface area contributed by atoms with Crippen LogP contribution < -0.4 is 9.62 Å². The van der Waals surface area contributed by atoms with Crippen LogP contribution in [0.3, 0.4) is 0 Å². The molecule has 1 atom stereocenters. The molecular formula is C13H17FN6O2S. The second kappa shape index (κ2) is 6.20. The lowest BCUT2D eigenvalue weighted by molar-refractivity contribution is 0.374. The van der Waals surface area contributed by atoms with Crippen molar-refractivity contribution in [3.8, 4) is 0 Å². The van der Waals surface area contributed by atoms with Gasteiger partial charge in [0, 0.05) is 19.3 Å². The van der Waals surface area contributed by atoms with Crippen molar-refractivity contribution in [2.24, 2.45) is 0 Å². The Balaban J connectivity index is 1.75. The molecule has 1 N–H and O–H groups in total. The third-order valence-electron chi connectivity index (χ3n) is 3.61. The van der Waals surface area contributed by atoms with Crippen LogP contribution in [0.5, 0.6) is 0 Å². The average molecular weight is 340 g/mol. The van der Waals surface area contributed by atoms with Gasteiger partial charge in [-0.2, -0.15) is 5.10 Å². The van der Waals surface area contributed by atoms with Crippen LogP contribution in [0.1, 0.15) is 18.2 Å². The highest BCUT2D eigenvalue weighted by Gasteiger charge is 2.27. The minimum atomic E-state index is -3.22. The van der Waals surface area contributed by atoms with Crippen LogP contribution in [0.15, 0.2) is 24.7 Å². The number of aromatic nitrogens is 4. The molecule has 0 amide bonds.